The molecule has 2 rings (SSSR count). The molecule has 0 radical (unpaired) electrons. The molecule has 0 fully saturated rings. The van der Waals surface area contributed by atoms with Crippen LogP contribution in [0.4, 0.5) is 0 Å². The Kier molecular flexibility index (Phi) is 2.99. The minimum Gasteiger partial charge on any atom is -0.274 e. The molecule has 1 aromatic carbocycles. The predicted octanol–water partition coefficient (Wildman–Crippen LogP) is 3.52. The molecule has 0 aliphatic rings. The van der Waals surface area contributed by atoms with E-state index in [-0.39, 0.29) is 16.3 Å². The molecular weight excluding hydrogens is 247 g/mol. The van der Waals surface area contributed by atoms with Gasteiger partial charge in [-0.3, -0.25) is 9.36 Å². The zero-order chi connectivity index (χ0) is 11.7. The fourth-order valence-electron chi connectivity index (χ4n) is 1.50. The number of rotatable bonds is 1. The summed E-state index contributed by atoms with van der Waals surface area (Å²) in [5, 5.41) is 0.308. The molecule has 0 aliphatic heterocycles. The Morgan fingerprint density at radius 3 is 2.44 bits per heavy atom. The van der Waals surface area contributed by atoms with E-state index in [1.165, 1.54) is 11.5 Å². The molecular formula is C11H8Cl2N2O. The van der Waals surface area contributed by atoms with Crippen LogP contribution >= 0.6 is 23.2 Å². The van der Waals surface area contributed by atoms with Crippen LogP contribution in [0.2, 0.25) is 10.4 Å². The number of hydrogen-bond donors (Lipinski definition) is 0. The molecule has 1 heterocycles. The zero-order valence-electron chi connectivity index (χ0n) is 8.45. The monoisotopic (exact) mass is 254 g/mol. The van der Waals surface area contributed by atoms with Crippen LogP contribution in [0.3, 0.4) is 0 Å². The number of halogens is 2. The maximum atomic E-state index is 11.5. The lowest BCUT2D eigenvalue weighted by molar-refractivity contribution is 0.0938. The van der Waals surface area contributed by atoms with Crippen LogP contribution in [0, 0.1) is 0 Å². The van der Waals surface area contributed by atoms with Crippen molar-refractivity contribution in [3.8, 4) is 11.3 Å². The Balaban J connectivity index is 2.69. The first-order chi connectivity index (χ1) is 7.61. The Morgan fingerprint density at radius 2 is 1.88 bits per heavy atom. The van der Waals surface area contributed by atoms with Gasteiger partial charge in [-0.25, -0.2) is 4.98 Å². The molecule has 1 aromatic heterocycles. The van der Waals surface area contributed by atoms with Crippen molar-refractivity contribution in [2.24, 2.45) is 0 Å². The number of hydrogen-bond acceptors (Lipinski definition) is 2. The van der Waals surface area contributed by atoms with Gasteiger partial charge < -0.3 is 0 Å². The van der Waals surface area contributed by atoms with Crippen molar-refractivity contribution >= 4 is 29.1 Å². The molecule has 16 heavy (non-hydrogen) atoms. The Morgan fingerprint density at radius 1 is 1.25 bits per heavy atom. The predicted molar refractivity (Wildman–Crippen MR) is 64.0 cm³/mol. The third kappa shape index (κ3) is 1.84. The molecule has 3 nitrogen and oxygen atoms in total. The van der Waals surface area contributed by atoms with Crippen LogP contribution < -0.4 is 0 Å². The molecule has 0 spiro atoms. The second kappa shape index (κ2) is 4.28. The molecule has 0 amide bonds. The van der Waals surface area contributed by atoms with Crippen molar-refractivity contribution in [1.82, 2.24) is 9.55 Å². The minimum atomic E-state index is -0.219. The SMILES string of the molecule is CC(=O)n1c(Cl)nc(Cl)c1-c1ccccc1. The van der Waals surface area contributed by atoms with Gasteiger partial charge in [-0.15, -0.1) is 0 Å². The van der Waals surface area contributed by atoms with Gasteiger partial charge in [0, 0.05) is 12.5 Å². The summed E-state index contributed by atoms with van der Waals surface area (Å²) in [4.78, 5) is 15.3. The van der Waals surface area contributed by atoms with Crippen molar-refractivity contribution in [3.63, 3.8) is 0 Å². The fraction of sp³-hybridized carbons (Fsp3) is 0.0909. The third-order valence-electron chi connectivity index (χ3n) is 2.16. The number of imidazole rings is 1. The van der Waals surface area contributed by atoms with Gasteiger partial charge in [0.2, 0.25) is 11.2 Å². The molecule has 2 aromatic rings. The highest BCUT2D eigenvalue weighted by molar-refractivity contribution is 6.35. The van der Waals surface area contributed by atoms with Gasteiger partial charge in [-0.1, -0.05) is 41.9 Å². The van der Waals surface area contributed by atoms with E-state index in [1.54, 1.807) is 0 Å². The van der Waals surface area contributed by atoms with Crippen LogP contribution in [-0.2, 0) is 0 Å². The summed E-state index contributed by atoms with van der Waals surface area (Å²) in [5.41, 5.74) is 1.34. The van der Waals surface area contributed by atoms with Crippen molar-refractivity contribution in [2.45, 2.75) is 6.92 Å². The Bertz CT molecular complexity index is 534. The summed E-state index contributed by atoms with van der Waals surface area (Å²) in [6.45, 7) is 1.41. The second-order valence-electron chi connectivity index (χ2n) is 3.24. The fourth-order valence-corrected chi connectivity index (χ4v) is 2.11. The van der Waals surface area contributed by atoms with E-state index in [1.807, 2.05) is 30.3 Å². The number of benzene rings is 1. The molecule has 5 heteroatoms. The summed E-state index contributed by atoms with van der Waals surface area (Å²) in [6, 6.07) is 9.29. The van der Waals surface area contributed by atoms with Crippen LogP contribution in [0.15, 0.2) is 30.3 Å². The largest absolute Gasteiger partial charge is 0.274 e. The van der Waals surface area contributed by atoms with E-state index in [0.29, 0.717) is 5.69 Å². The first-order valence-corrected chi connectivity index (χ1v) is 5.37. The van der Waals surface area contributed by atoms with E-state index in [9.17, 15) is 4.79 Å². The lowest BCUT2D eigenvalue weighted by atomic mass is 10.2. The van der Waals surface area contributed by atoms with Gasteiger partial charge in [-0.2, -0.15) is 0 Å². The van der Waals surface area contributed by atoms with Crippen LogP contribution in [-0.4, -0.2) is 15.5 Å². The molecule has 0 saturated heterocycles. The zero-order valence-corrected chi connectivity index (χ0v) is 9.96. The lowest BCUT2D eigenvalue weighted by Gasteiger charge is -2.05. The number of carbonyl (C=O) groups excluding carboxylic acids is 1. The van der Waals surface area contributed by atoms with E-state index in [0.717, 1.165) is 5.56 Å². The highest BCUT2D eigenvalue weighted by Crippen LogP contribution is 2.30. The molecule has 0 aliphatic carbocycles. The highest BCUT2D eigenvalue weighted by Gasteiger charge is 2.18. The average Bonchev–Trinajstić information content (AvgIpc) is 2.55. The van der Waals surface area contributed by atoms with Crippen LogP contribution in [0.5, 0.6) is 0 Å². The maximum Gasteiger partial charge on any atom is 0.230 e. The Hall–Kier alpha value is -1.32. The molecule has 0 N–H and O–H groups in total. The molecule has 0 saturated carbocycles. The third-order valence-corrected chi connectivity index (χ3v) is 2.67. The molecule has 82 valence electrons. The van der Waals surface area contributed by atoms with Gasteiger partial charge >= 0.3 is 0 Å². The first-order valence-electron chi connectivity index (χ1n) is 4.61. The standard InChI is InChI=1S/C11H8Cl2N2O/c1-7(16)15-9(10(12)14-11(15)13)8-5-3-2-4-6-8/h2-6H,1H3. The van der Waals surface area contributed by atoms with Crippen molar-refractivity contribution < 1.29 is 4.79 Å². The number of aromatic nitrogens is 2. The quantitative estimate of drug-likeness (QED) is 0.781. The summed E-state index contributed by atoms with van der Waals surface area (Å²) in [6.07, 6.45) is 0. The smallest absolute Gasteiger partial charge is 0.230 e. The van der Waals surface area contributed by atoms with Crippen LogP contribution in [0.1, 0.15) is 11.7 Å². The van der Waals surface area contributed by atoms with Crippen molar-refractivity contribution in [3.05, 3.63) is 40.8 Å². The number of carbonyl (C=O) groups is 1. The van der Waals surface area contributed by atoms with Gasteiger partial charge in [-0.05, 0) is 11.6 Å². The topological polar surface area (TPSA) is 34.9 Å². The number of nitrogens with zero attached hydrogens (tertiary/aromatic N) is 2. The van der Waals surface area contributed by atoms with Crippen molar-refractivity contribution in [1.29, 1.82) is 0 Å². The highest BCUT2D eigenvalue weighted by atomic mass is 35.5. The van der Waals surface area contributed by atoms with E-state index >= 15 is 0 Å². The normalized spacial score (nSPS) is 10.4. The summed E-state index contributed by atoms with van der Waals surface area (Å²) in [5.74, 6) is -0.219. The van der Waals surface area contributed by atoms with Gasteiger partial charge in [0.05, 0.1) is 5.69 Å². The van der Waals surface area contributed by atoms with Crippen LogP contribution in [0.25, 0.3) is 11.3 Å². The maximum absolute atomic E-state index is 11.5. The van der Waals surface area contributed by atoms with E-state index < -0.39 is 0 Å². The molecule has 0 atom stereocenters. The van der Waals surface area contributed by atoms with Crippen molar-refractivity contribution in [2.75, 3.05) is 0 Å². The summed E-state index contributed by atoms with van der Waals surface area (Å²) >= 11 is 11.8. The van der Waals surface area contributed by atoms with Gasteiger partial charge in [0.25, 0.3) is 0 Å². The average molecular weight is 255 g/mol. The first kappa shape index (κ1) is 11.2. The van der Waals surface area contributed by atoms with Gasteiger partial charge in [0.15, 0.2) is 5.15 Å². The molecule has 0 bridgehead atoms. The second-order valence-corrected chi connectivity index (χ2v) is 3.94. The summed E-state index contributed by atoms with van der Waals surface area (Å²) in [7, 11) is 0. The van der Waals surface area contributed by atoms with E-state index in [4.69, 9.17) is 23.2 Å². The minimum absolute atomic E-state index is 0.0800. The molecule has 0 unspecified atom stereocenters. The Labute approximate surface area is 103 Å². The van der Waals surface area contributed by atoms with E-state index in [2.05, 4.69) is 4.98 Å². The van der Waals surface area contributed by atoms with Gasteiger partial charge in [0.1, 0.15) is 0 Å². The summed E-state index contributed by atoms with van der Waals surface area (Å²) < 4.78 is 1.29. The lowest BCUT2D eigenvalue weighted by Crippen LogP contribution is -2.07.